The summed E-state index contributed by atoms with van der Waals surface area (Å²) in [5.41, 5.74) is 0. The zero-order valence-electron chi connectivity index (χ0n) is 54.8. The van der Waals surface area contributed by atoms with E-state index in [1.165, 1.54) is 289 Å². The molecule has 1 atom stereocenters. The van der Waals surface area contributed by atoms with Gasteiger partial charge in [-0.25, -0.2) is 0 Å². The van der Waals surface area contributed by atoms with Crippen LogP contribution in [0.4, 0.5) is 0 Å². The number of hydrogen-bond donors (Lipinski definition) is 0. The molecule has 0 fully saturated rings. The summed E-state index contributed by atoms with van der Waals surface area (Å²) in [5.74, 6) is -0.862. The first-order chi connectivity index (χ1) is 40.0. The number of carbonyl (C=O) groups is 3. The van der Waals surface area contributed by atoms with Crippen LogP contribution in [0.5, 0.6) is 0 Å². The molecule has 0 aromatic heterocycles. The van der Waals surface area contributed by atoms with E-state index in [9.17, 15) is 14.4 Å². The standard InChI is InChI=1S/C75H140O6/c1-4-7-10-13-16-19-22-25-28-30-32-33-34-35-36-37-38-39-40-41-42-44-45-47-50-53-56-59-62-65-68-74(77)80-71-72(70-79-73(76)67-64-61-58-55-52-49-27-24-21-18-15-12-9-6-3)81-75(78)69-66-63-60-57-54-51-48-46-43-31-29-26-23-20-17-14-11-8-5-2/h15,18,24,26-27,29,72H,4-14,16-17,19-23,25,28,30-71H2,1-3H3/b18-15-,27-24-,29-26-. The van der Waals surface area contributed by atoms with Gasteiger partial charge in [0.2, 0.25) is 0 Å². The minimum absolute atomic E-state index is 0.0729. The lowest BCUT2D eigenvalue weighted by molar-refractivity contribution is -0.167. The van der Waals surface area contributed by atoms with Gasteiger partial charge in [0.15, 0.2) is 6.10 Å². The van der Waals surface area contributed by atoms with E-state index in [0.717, 1.165) is 77.0 Å². The van der Waals surface area contributed by atoms with Crippen LogP contribution >= 0.6 is 0 Å². The molecule has 0 aliphatic carbocycles. The van der Waals surface area contributed by atoms with Crippen molar-refractivity contribution >= 4 is 17.9 Å². The van der Waals surface area contributed by atoms with Gasteiger partial charge in [-0.1, -0.05) is 353 Å². The molecule has 0 heterocycles. The van der Waals surface area contributed by atoms with Crippen molar-refractivity contribution in [2.75, 3.05) is 13.2 Å². The number of unbranched alkanes of at least 4 members (excludes halogenated alkanes) is 51. The Morgan fingerprint density at radius 2 is 0.457 bits per heavy atom. The largest absolute Gasteiger partial charge is 0.462 e. The van der Waals surface area contributed by atoms with Crippen LogP contribution in [-0.2, 0) is 28.6 Å². The van der Waals surface area contributed by atoms with E-state index in [0.29, 0.717) is 19.3 Å². The molecular formula is C75H140O6. The van der Waals surface area contributed by atoms with Gasteiger partial charge >= 0.3 is 17.9 Å². The van der Waals surface area contributed by atoms with E-state index in [4.69, 9.17) is 14.2 Å². The lowest BCUT2D eigenvalue weighted by Gasteiger charge is -2.18. The van der Waals surface area contributed by atoms with Crippen LogP contribution < -0.4 is 0 Å². The first-order valence-corrected chi connectivity index (χ1v) is 36.5. The molecule has 1 unspecified atom stereocenters. The molecule has 476 valence electrons. The molecule has 81 heavy (non-hydrogen) atoms. The highest BCUT2D eigenvalue weighted by Gasteiger charge is 2.19. The Morgan fingerprint density at radius 3 is 0.728 bits per heavy atom. The second kappa shape index (κ2) is 70.1. The zero-order chi connectivity index (χ0) is 58.5. The first kappa shape index (κ1) is 78.6. The van der Waals surface area contributed by atoms with E-state index in [1.54, 1.807) is 0 Å². The Labute approximate surface area is 506 Å². The summed E-state index contributed by atoms with van der Waals surface area (Å²) in [4.78, 5) is 38.4. The number of ether oxygens (including phenoxy) is 3. The average Bonchev–Trinajstić information content (AvgIpc) is 3.47. The van der Waals surface area contributed by atoms with Crippen molar-refractivity contribution in [3.05, 3.63) is 36.5 Å². The highest BCUT2D eigenvalue weighted by molar-refractivity contribution is 5.71. The number of esters is 3. The van der Waals surface area contributed by atoms with E-state index >= 15 is 0 Å². The Morgan fingerprint density at radius 1 is 0.247 bits per heavy atom. The molecule has 6 heteroatoms. The third-order valence-electron chi connectivity index (χ3n) is 16.6. The van der Waals surface area contributed by atoms with Gasteiger partial charge in [-0.2, -0.15) is 0 Å². The second-order valence-corrected chi connectivity index (χ2v) is 24.9. The SMILES string of the molecule is CCCC/C=C\C/C=C\CCCCCCCC(=O)OCC(COC(=O)CCCCCCCCCCCCCCCCCCCCCCCCCCCCCCCC)OC(=O)CCCCCCCCCCC/C=C\CCCCCCCC. The second-order valence-electron chi connectivity index (χ2n) is 24.9. The van der Waals surface area contributed by atoms with Crippen LogP contribution in [0.15, 0.2) is 36.5 Å². The summed E-state index contributed by atoms with van der Waals surface area (Å²) in [6.45, 7) is 6.66. The van der Waals surface area contributed by atoms with Gasteiger partial charge < -0.3 is 14.2 Å². The summed E-state index contributed by atoms with van der Waals surface area (Å²) in [7, 11) is 0. The molecule has 0 amide bonds. The first-order valence-electron chi connectivity index (χ1n) is 36.5. The molecule has 0 bridgehead atoms. The molecular weight excluding hydrogens is 997 g/mol. The molecule has 0 spiro atoms. The maximum atomic E-state index is 12.9. The average molecular weight is 1140 g/mol. The Bertz CT molecular complexity index is 1350. The Balaban J connectivity index is 4.17. The zero-order valence-corrected chi connectivity index (χ0v) is 54.8. The van der Waals surface area contributed by atoms with Crippen molar-refractivity contribution in [3.63, 3.8) is 0 Å². The number of carbonyl (C=O) groups excluding carboxylic acids is 3. The molecule has 0 aliphatic rings. The fourth-order valence-electron chi connectivity index (χ4n) is 11.1. The number of rotatable bonds is 68. The molecule has 6 nitrogen and oxygen atoms in total. The summed E-state index contributed by atoms with van der Waals surface area (Å²) < 4.78 is 17.0. The predicted molar refractivity (Wildman–Crippen MR) is 353 cm³/mol. The maximum Gasteiger partial charge on any atom is 0.306 e. The van der Waals surface area contributed by atoms with Gasteiger partial charge in [-0.3, -0.25) is 14.4 Å². The molecule has 0 saturated heterocycles. The van der Waals surface area contributed by atoms with Crippen LogP contribution in [0.3, 0.4) is 0 Å². The smallest absolute Gasteiger partial charge is 0.306 e. The molecule has 0 aromatic carbocycles. The predicted octanol–water partition coefficient (Wildman–Crippen LogP) is 25.1. The minimum atomic E-state index is -0.778. The fraction of sp³-hybridized carbons (Fsp3) is 0.880. The highest BCUT2D eigenvalue weighted by Crippen LogP contribution is 2.19. The maximum absolute atomic E-state index is 12.9. The lowest BCUT2D eigenvalue weighted by atomic mass is 10.0. The lowest BCUT2D eigenvalue weighted by Crippen LogP contribution is -2.30. The van der Waals surface area contributed by atoms with Gasteiger partial charge in [0.1, 0.15) is 13.2 Å². The monoisotopic (exact) mass is 1140 g/mol. The molecule has 0 rings (SSSR count). The van der Waals surface area contributed by atoms with E-state index < -0.39 is 6.10 Å². The quantitative estimate of drug-likeness (QED) is 0.0261. The van der Waals surface area contributed by atoms with Crippen LogP contribution in [-0.4, -0.2) is 37.2 Å². The van der Waals surface area contributed by atoms with Crippen molar-refractivity contribution in [2.24, 2.45) is 0 Å². The topological polar surface area (TPSA) is 78.9 Å². The molecule has 0 aliphatic heterocycles. The minimum Gasteiger partial charge on any atom is -0.462 e. The van der Waals surface area contributed by atoms with Gasteiger partial charge in [-0.05, 0) is 70.6 Å². The summed E-state index contributed by atoms with van der Waals surface area (Å²) in [6, 6.07) is 0. The molecule has 0 saturated carbocycles. The van der Waals surface area contributed by atoms with Crippen molar-refractivity contribution < 1.29 is 28.6 Å². The summed E-state index contributed by atoms with van der Waals surface area (Å²) in [5, 5.41) is 0. The number of hydrogen-bond acceptors (Lipinski definition) is 6. The normalized spacial score (nSPS) is 12.2. The summed E-state index contributed by atoms with van der Waals surface area (Å²) in [6.07, 6.45) is 87.6. The third-order valence-corrected chi connectivity index (χ3v) is 16.6. The van der Waals surface area contributed by atoms with Crippen molar-refractivity contribution in [1.82, 2.24) is 0 Å². The Kier molecular flexibility index (Phi) is 68.1. The van der Waals surface area contributed by atoms with Crippen LogP contribution in [0.2, 0.25) is 0 Å². The fourth-order valence-corrected chi connectivity index (χ4v) is 11.1. The van der Waals surface area contributed by atoms with Crippen LogP contribution in [0.25, 0.3) is 0 Å². The Hall–Kier alpha value is -2.37. The van der Waals surface area contributed by atoms with E-state index in [-0.39, 0.29) is 31.1 Å². The van der Waals surface area contributed by atoms with Crippen molar-refractivity contribution in [1.29, 1.82) is 0 Å². The third kappa shape index (κ3) is 68.3. The number of allylic oxidation sites excluding steroid dienone is 6. The van der Waals surface area contributed by atoms with Gasteiger partial charge in [0.25, 0.3) is 0 Å². The highest BCUT2D eigenvalue weighted by atomic mass is 16.6. The summed E-state index contributed by atoms with van der Waals surface area (Å²) >= 11 is 0. The van der Waals surface area contributed by atoms with Crippen LogP contribution in [0, 0.1) is 0 Å². The van der Waals surface area contributed by atoms with Crippen molar-refractivity contribution in [3.8, 4) is 0 Å². The van der Waals surface area contributed by atoms with Gasteiger partial charge in [0.05, 0.1) is 0 Å². The van der Waals surface area contributed by atoms with E-state index in [1.807, 2.05) is 0 Å². The van der Waals surface area contributed by atoms with E-state index in [2.05, 4.69) is 57.2 Å². The molecule has 0 N–H and O–H groups in total. The molecule has 0 aromatic rings. The van der Waals surface area contributed by atoms with Crippen LogP contribution in [0.1, 0.15) is 406 Å². The van der Waals surface area contributed by atoms with Gasteiger partial charge in [-0.15, -0.1) is 0 Å². The van der Waals surface area contributed by atoms with Crippen molar-refractivity contribution in [2.45, 2.75) is 412 Å². The van der Waals surface area contributed by atoms with Gasteiger partial charge in [0, 0.05) is 19.3 Å². The molecule has 0 radical (unpaired) electrons.